The summed E-state index contributed by atoms with van der Waals surface area (Å²) >= 11 is 0. The van der Waals surface area contributed by atoms with Gasteiger partial charge >= 0.3 is 0 Å². The van der Waals surface area contributed by atoms with Crippen LogP contribution in [0.2, 0.25) is 0 Å². The molecule has 0 aromatic heterocycles. The van der Waals surface area contributed by atoms with Crippen LogP contribution in [0.15, 0.2) is 182 Å². The second-order valence-electron chi connectivity index (χ2n) is 16.4. The summed E-state index contributed by atoms with van der Waals surface area (Å²) in [7, 11) is 0. The van der Waals surface area contributed by atoms with E-state index in [-0.39, 0.29) is 42.9 Å². The van der Waals surface area contributed by atoms with Crippen molar-refractivity contribution < 1.29 is 38.1 Å². The highest BCUT2D eigenvalue weighted by Gasteiger charge is 2.46. The van der Waals surface area contributed by atoms with E-state index < -0.39 is 29.0 Å². The molecule has 8 aromatic rings. The van der Waals surface area contributed by atoms with Crippen LogP contribution in [-0.4, -0.2) is 36.8 Å². The van der Waals surface area contributed by atoms with Crippen molar-refractivity contribution in [2.75, 3.05) is 23.0 Å². The van der Waals surface area contributed by atoms with Gasteiger partial charge in [0, 0.05) is 0 Å². The van der Waals surface area contributed by atoms with E-state index in [0.717, 1.165) is 43.2 Å². The Hall–Kier alpha value is -9.64. The van der Waals surface area contributed by atoms with Crippen LogP contribution in [0.25, 0.3) is 11.1 Å². The summed E-state index contributed by atoms with van der Waals surface area (Å²) in [4.78, 5) is 56.4. The number of terminal acetylenes is 2. The molecule has 0 saturated carbocycles. The van der Waals surface area contributed by atoms with Crippen LogP contribution in [0.1, 0.15) is 71.1 Å². The Morgan fingerprint density at radius 3 is 1.11 bits per heavy atom. The number of amides is 4. The zero-order chi connectivity index (χ0) is 47.2. The predicted molar refractivity (Wildman–Crippen MR) is 267 cm³/mol. The third kappa shape index (κ3) is 7.28. The van der Waals surface area contributed by atoms with Crippen molar-refractivity contribution in [3.63, 3.8) is 0 Å². The number of benzene rings is 8. The first-order valence-corrected chi connectivity index (χ1v) is 21.9. The minimum absolute atomic E-state index is 0. The minimum Gasteiger partial charge on any atom is -0.481 e. The van der Waals surface area contributed by atoms with Gasteiger partial charge in [0.15, 0.2) is 0 Å². The Morgan fingerprint density at radius 1 is 0.386 bits per heavy atom. The van der Waals surface area contributed by atoms with E-state index in [0.29, 0.717) is 45.9 Å². The van der Waals surface area contributed by atoms with Crippen LogP contribution in [-0.2, 0) is 5.41 Å². The molecular formula is C60H40N2O8. The number of rotatable bonds is 12. The van der Waals surface area contributed by atoms with Crippen LogP contribution in [0.3, 0.4) is 0 Å². The lowest BCUT2D eigenvalue weighted by Gasteiger charge is -2.34. The second kappa shape index (κ2) is 17.9. The number of carbonyl (C=O) groups is 4. The van der Waals surface area contributed by atoms with Crippen LogP contribution < -0.4 is 28.7 Å². The highest BCUT2D eigenvalue weighted by atomic mass is 16.5. The van der Waals surface area contributed by atoms with Gasteiger partial charge in [-0.1, -0.05) is 92.1 Å². The zero-order valence-electron chi connectivity index (χ0n) is 36.5. The van der Waals surface area contributed by atoms with Gasteiger partial charge in [0.25, 0.3) is 23.6 Å². The summed E-state index contributed by atoms with van der Waals surface area (Å²) in [6, 6.07) is 55.6. The molecule has 10 nitrogen and oxygen atoms in total. The van der Waals surface area contributed by atoms with Gasteiger partial charge in [-0.15, -0.1) is 12.8 Å². The number of ether oxygens (including phenoxy) is 4. The average molecular weight is 917 g/mol. The first-order chi connectivity index (χ1) is 33.8. The highest BCUT2D eigenvalue weighted by molar-refractivity contribution is 6.35. The lowest BCUT2D eigenvalue weighted by atomic mass is 9.68. The van der Waals surface area contributed by atoms with E-state index in [9.17, 15) is 19.2 Å². The summed E-state index contributed by atoms with van der Waals surface area (Å²) in [6.45, 7) is 0.205. The van der Waals surface area contributed by atoms with Crippen molar-refractivity contribution in [1.29, 1.82) is 0 Å². The first kappa shape index (κ1) is 44.2. The van der Waals surface area contributed by atoms with Crippen molar-refractivity contribution in [2.24, 2.45) is 0 Å². The molecule has 0 atom stereocenters. The number of fused-ring (bicyclic) bond motifs is 5. The fraction of sp³-hybridized carbons (Fsp3) is 0.0667. The van der Waals surface area contributed by atoms with Gasteiger partial charge in [0.2, 0.25) is 0 Å². The van der Waals surface area contributed by atoms with Gasteiger partial charge in [-0.25, -0.2) is 9.80 Å². The number of anilines is 2. The van der Waals surface area contributed by atoms with Crippen LogP contribution in [0.4, 0.5) is 11.4 Å². The Labute approximate surface area is 404 Å². The standard InChI is InChI=1S/C59H36N2O8.CH4/c1-3-33-66-41-25-17-39(18-26-41)60-55(62)49-31-29-45(35-51(49)57(60)64)68-43-21-13-37(14-22-43)59(53-11-7-5-9-47(53)48-10-6-8-12-54(48)59)38-15-23-44(24-16-38)69-46-30-32-50-52(36-46)58(65)61(56(50)63)40-19-27-42(28-20-40)67-34-4-2;/h1-2,5-32,35-36H,33-34H2;1H4. The topological polar surface area (TPSA) is 112 Å². The zero-order valence-corrected chi connectivity index (χ0v) is 36.5. The van der Waals surface area contributed by atoms with Gasteiger partial charge in [-0.3, -0.25) is 19.2 Å². The van der Waals surface area contributed by atoms with E-state index in [1.54, 1.807) is 84.9 Å². The molecule has 0 fully saturated rings. The number of hydrogen-bond acceptors (Lipinski definition) is 8. The van der Waals surface area contributed by atoms with Crippen molar-refractivity contribution in [2.45, 2.75) is 12.8 Å². The van der Waals surface area contributed by atoms with Gasteiger partial charge < -0.3 is 18.9 Å². The molecular weight excluding hydrogens is 877 g/mol. The monoisotopic (exact) mass is 916 g/mol. The molecule has 2 heterocycles. The van der Waals surface area contributed by atoms with Crippen LogP contribution >= 0.6 is 0 Å². The average Bonchev–Trinajstić information content (AvgIpc) is 3.93. The molecule has 3 aliphatic rings. The van der Waals surface area contributed by atoms with E-state index in [4.69, 9.17) is 31.8 Å². The number of carbonyl (C=O) groups excluding carboxylic acids is 4. The summed E-state index contributed by atoms with van der Waals surface area (Å²) in [6.07, 6.45) is 10.6. The molecule has 338 valence electrons. The molecule has 11 rings (SSSR count). The van der Waals surface area contributed by atoms with E-state index >= 15 is 0 Å². The van der Waals surface area contributed by atoms with E-state index in [2.05, 4.69) is 36.1 Å². The molecule has 0 spiro atoms. The largest absolute Gasteiger partial charge is 0.481 e. The molecule has 0 N–H and O–H groups in total. The second-order valence-corrected chi connectivity index (χ2v) is 16.4. The Balaban J connectivity index is 0.00000567. The molecule has 1 aliphatic carbocycles. The molecule has 70 heavy (non-hydrogen) atoms. The first-order valence-electron chi connectivity index (χ1n) is 21.9. The maximum Gasteiger partial charge on any atom is 0.266 e. The molecule has 10 heteroatoms. The smallest absolute Gasteiger partial charge is 0.266 e. The SMILES string of the molecule is C.C#CCOc1ccc(N2C(=O)c3ccc(Oc4ccc(C5(c6ccc(Oc7ccc8c(c7)C(=O)N(c7ccc(OCC#C)cc7)C8=O)cc6)c6ccccc6-c6ccccc65)cc4)cc3C2=O)cc1. The lowest BCUT2D eigenvalue weighted by molar-refractivity contribution is 0.0910. The third-order valence-electron chi connectivity index (χ3n) is 12.5. The number of nitrogens with zero attached hydrogens (tertiary/aromatic N) is 2. The van der Waals surface area contributed by atoms with Gasteiger partial charge in [-0.05, 0) is 143 Å². The fourth-order valence-electron chi connectivity index (χ4n) is 9.51. The van der Waals surface area contributed by atoms with Gasteiger partial charge in [0.1, 0.15) is 47.7 Å². The normalized spacial score (nSPS) is 13.6. The molecule has 8 aromatic carbocycles. The Kier molecular flexibility index (Phi) is 11.3. The minimum atomic E-state index is -0.741. The predicted octanol–water partition coefficient (Wildman–Crippen LogP) is 11.9. The lowest BCUT2D eigenvalue weighted by Crippen LogP contribution is -2.29. The number of imide groups is 2. The van der Waals surface area contributed by atoms with Crippen molar-refractivity contribution in [3.05, 3.63) is 226 Å². The summed E-state index contributed by atoms with van der Waals surface area (Å²) in [5, 5.41) is 0. The maximum atomic E-state index is 13.6. The van der Waals surface area contributed by atoms with Crippen LogP contribution in [0.5, 0.6) is 34.5 Å². The molecule has 0 bridgehead atoms. The third-order valence-corrected chi connectivity index (χ3v) is 12.5. The van der Waals surface area contributed by atoms with Crippen molar-refractivity contribution in [1.82, 2.24) is 0 Å². The Morgan fingerprint density at radius 2 is 0.729 bits per heavy atom. The molecule has 0 saturated heterocycles. The van der Waals surface area contributed by atoms with Gasteiger partial charge in [0.05, 0.1) is 39.0 Å². The fourth-order valence-corrected chi connectivity index (χ4v) is 9.51. The van der Waals surface area contributed by atoms with E-state index in [1.165, 1.54) is 0 Å². The molecule has 0 radical (unpaired) electrons. The molecule has 2 aliphatic heterocycles. The van der Waals surface area contributed by atoms with Crippen molar-refractivity contribution in [3.8, 4) is 70.3 Å². The van der Waals surface area contributed by atoms with Gasteiger partial charge in [-0.2, -0.15) is 0 Å². The van der Waals surface area contributed by atoms with E-state index in [1.807, 2.05) is 72.8 Å². The summed E-state index contributed by atoms with van der Waals surface area (Å²) in [5.41, 5.74) is 7.56. The highest BCUT2D eigenvalue weighted by Crippen LogP contribution is 2.56. The Bertz CT molecular complexity index is 3260. The molecule has 4 amide bonds. The maximum absolute atomic E-state index is 13.6. The quantitative estimate of drug-likeness (QED) is 0.0880. The summed E-state index contributed by atoms with van der Waals surface area (Å²) in [5.74, 6) is 5.99. The van der Waals surface area contributed by atoms with Crippen LogP contribution in [0, 0.1) is 24.7 Å². The molecule has 0 unspecified atom stereocenters. The van der Waals surface area contributed by atoms with Crippen molar-refractivity contribution >= 4 is 35.0 Å². The summed E-state index contributed by atoms with van der Waals surface area (Å²) < 4.78 is 23.6. The number of hydrogen-bond donors (Lipinski definition) is 0.